The Hall–Kier alpha value is -2.61. The Bertz CT molecular complexity index is 1240. The van der Waals surface area contributed by atoms with E-state index in [0.29, 0.717) is 6.61 Å². The van der Waals surface area contributed by atoms with Gasteiger partial charge in [0.25, 0.3) is 0 Å². The van der Waals surface area contributed by atoms with Crippen LogP contribution >= 0.6 is 7.28 Å². The topological polar surface area (TPSA) is 24.8 Å². The van der Waals surface area contributed by atoms with Gasteiger partial charge in [0.15, 0.2) is 0 Å². The third-order valence-electron chi connectivity index (χ3n) is 6.98. The highest BCUT2D eigenvalue weighted by molar-refractivity contribution is 7.72. The van der Waals surface area contributed by atoms with Crippen LogP contribution in [0.15, 0.2) is 89.1 Å². The number of para-hydroxylation sites is 1. The molecule has 1 aliphatic rings. The van der Waals surface area contributed by atoms with Gasteiger partial charge in [0.2, 0.25) is 0 Å². The SMILES string of the molecule is CCCCO[P@@](/C=C1/N(C)c2ccccc2C1(C)C)(=Nc1cccc(C)c1C)c1ccccc1. The molecule has 0 N–H and O–H groups in total. The highest BCUT2D eigenvalue weighted by Gasteiger charge is 2.40. The number of rotatable bonds is 7. The van der Waals surface area contributed by atoms with E-state index < -0.39 is 7.28 Å². The molecule has 0 fully saturated rings. The van der Waals surface area contributed by atoms with Crippen LogP contribution in [0.5, 0.6) is 0 Å². The fourth-order valence-corrected chi connectivity index (χ4v) is 7.67. The highest BCUT2D eigenvalue weighted by Crippen LogP contribution is 2.59. The van der Waals surface area contributed by atoms with E-state index in [-0.39, 0.29) is 5.41 Å². The summed E-state index contributed by atoms with van der Waals surface area (Å²) >= 11 is 0. The second-order valence-corrected chi connectivity index (χ2v) is 12.2. The van der Waals surface area contributed by atoms with Gasteiger partial charge < -0.3 is 9.42 Å². The summed E-state index contributed by atoms with van der Waals surface area (Å²) in [6.07, 6.45) is 2.10. The van der Waals surface area contributed by atoms with Gasteiger partial charge >= 0.3 is 0 Å². The summed E-state index contributed by atoms with van der Waals surface area (Å²) in [7, 11) is -0.351. The van der Waals surface area contributed by atoms with Crippen LogP contribution in [0, 0.1) is 13.8 Å². The standard InChI is InChI=1S/C30H37N2OP/c1-7-8-21-33-34(25-16-10-9-11-17-25,31-27-19-14-15-23(2)24(27)3)22-29-30(4,5)26-18-12-13-20-28(26)32(29)6/h9-20,22H,7-8,21H2,1-6H3/b29-22+/t34-/m1/s1. The number of allylic oxidation sites excluding steroid dienone is 1. The highest BCUT2D eigenvalue weighted by atomic mass is 31.2. The summed E-state index contributed by atoms with van der Waals surface area (Å²) in [5.74, 6) is 2.37. The first-order valence-corrected chi connectivity index (χ1v) is 14.0. The Morgan fingerprint density at radius 1 is 0.941 bits per heavy atom. The molecule has 0 radical (unpaired) electrons. The average Bonchev–Trinajstić information content (AvgIpc) is 3.03. The number of hydrogen-bond acceptors (Lipinski definition) is 3. The van der Waals surface area contributed by atoms with E-state index in [1.807, 2.05) is 0 Å². The minimum Gasteiger partial charge on any atom is -0.347 e. The van der Waals surface area contributed by atoms with E-state index >= 15 is 0 Å². The zero-order valence-electron chi connectivity index (χ0n) is 21.4. The fraction of sp³-hybridized carbons (Fsp3) is 0.333. The minimum atomic E-state index is -2.52. The molecule has 178 valence electrons. The zero-order valence-corrected chi connectivity index (χ0v) is 22.3. The molecule has 1 atom stereocenters. The van der Waals surface area contributed by atoms with Gasteiger partial charge in [-0.05, 0) is 49.1 Å². The van der Waals surface area contributed by atoms with Gasteiger partial charge in [0.1, 0.15) is 7.28 Å². The van der Waals surface area contributed by atoms with Crippen molar-refractivity contribution in [2.24, 2.45) is 4.74 Å². The normalized spacial score (nSPS) is 17.5. The van der Waals surface area contributed by atoms with Crippen LogP contribution in [0.2, 0.25) is 0 Å². The van der Waals surface area contributed by atoms with Crippen LogP contribution in [0.3, 0.4) is 0 Å². The van der Waals surface area contributed by atoms with Crippen molar-refractivity contribution < 1.29 is 4.52 Å². The largest absolute Gasteiger partial charge is 0.347 e. The lowest BCUT2D eigenvalue weighted by molar-refractivity contribution is 0.344. The molecule has 0 bridgehead atoms. The van der Waals surface area contributed by atoms with Crippen molar-refractivity contribution in [1.29, 1.82) is 0 Å². The molecule has 0 saturated heterocycles. The van der Waals surface area contributed by atoms with Gasteiger partial charge in [0.05, 0.1) is 12.3 Å². The molecule has 3 nitrogen and oxygen atoms in total. The van der Waals surface area contributed by atoms with Gasteiger partial charge in [-0.15, -0.1) is 0 Å². The van der Waals surface area contributed by atoms with Crippen molar-refractivity contribution in [1.82, 2.24) is 0 Å². The molecule has 0 unspecified atom stereocenters. The summed E-state index contributed by atoms with van der Waals surface area (Å²) < 4.78 is 12.4. The number of aryl methyl sites for hydroxylation is 1. The minimum absolute atomic E-state index is 0.142. The molecule has 1 heterocycles. The third kappa shape index (κ3) is 4.52. The zero-order chi connectivity index (χ0) is 24.3. The van der Waals surface area contributed by atoms with Crippen molar-refractivity contribution in [3.05, 3.63) is 101 Å². The maximum absolute atomic E-state index is 6.90. The Labute approximate surface area is 205 Å². The van der Waals surface area contributed by atoms with E-state index in [1.165, 1.54) is 28.1 Å². The summed E-state index contributed by atoms with van der Waals surface area (Å²) in [5.41, 5.74) is 7.18. The predicted molar refractivity (Wildman–Crippen MR) is 148 cm³/mol. The predicted octanol–water partition coefficient (Wildman–Crippen LogP) is 8.46. The maximum Gasteiger partial charge on any atom is 0.143 e. The van der Waals surface area contributed by atoms with Crippen molar-refractivity contribution in [3.63, 3.8) is 0 Å². The number of likely N-dealkylation sites (N-methyl/N-ethyl adjacent to an activating group) is 1. The summed E-state index contributed by atoms with van der Waals surface area (Å²) in [4.78, 5) is 2.33. The van der Waals surface area contributed by atoms with Crippen LogP contribution in [0.4, 0.5) is 11.4 Å². The van der Waals surface area contributed by atoms with Crippen LogP contribution in [0.1, 0.15) is 50.3 Å². The Morgan fingerprint density at radius 3 is 2.35 bits per heavy atom. The van der Waals surface area contributed by atoms with Crippen LogP contribution in [0.25, 0.3) is 0 Å². The van der Waals surface area contributed by atoms with Gasteiger partial charge in [0, 0.05) is 35.0 Å². The molecule has 0 spiro atoms. The van der Waals surface area contributed by atoms with E-state index in [2.05, 4.69) is 125 Å². The second kappa shape index (κ2) is 9.94. The number of hydrogen-bond donors (Lipinski definition) is 0. The van der Waals surface area contributed by atoms with Crippen LogP contribution in [-0.4, -0.2) is 13.7 Å². The van der Waals surface area contributed by atoms with Gasteiger partial charge in [-0.1, -0.05) is 87.9 Å². The number of nitrogens with zero attached hydrogens (tertiary/aromatic N) is 2. The summed E-state index contributed by atoms with van der Waals surface area (Å²) in [6, 6.07) is 25.7. The third-order valence-corrected chi connectivity index (χ3v) is 9.70. The van der Waals surface area contributed by atoms with E-state index in [4.69, 9.17) is 9.27 Å². The van der Waals surface area contributed by atoms with Gasteiger partial charge in [-0.3, -0.25) is 0 Å². The van der Waals surface area contributed by atoms with Gasteiger partial charge in [-0.2, -0.15) is 0 Å². The van der Waals surface area contributed by atoms with E-state index in [1.54, 1.807) is 0 Å². The Morgan fingerprint density at radius 2 is 1.65 bits per heavy atom. The van der Waals surface area contributed by atoms with Gasteiger partial charge in [-0.25, -0.2) is 4.74 Å². The molecule has 0 saturated carbocycles. The van der Waals surface area contributed by atoms with Crippen molar-refractivity contribution >= 4 is 24.0 Å². The first-order chi connectivity index (χ1) is 16.3. The quantitative estimate of drug-likeness (QED) is 0.254. The number of unbranched alkanes of at least 4 members (excludes halogenated alkanes) is 1. The molecule has 3 aromatic rings. The number of benzene rings is 3. The molecular weight excluding hydrogens is 435 g/mol. The summed E-state index contributed by atoms with van der Waals surface area (Å²) in [5, 5.41) is 1.15. The molecule has 3 aromatic carbocycles. The lowest BCUT2D eigenvalue weighted by atomic mass is 9.84. The molecule has 4 rings (SSSR count). The first kappa shape index (κ1) is 24.5. The molecule has 4 heteroatoms. The fourth-order valence-electron chi connectivity index (χ4n) is 4.69. The lowest BCUT2D eigenvalue weighted by Gasteiger charge is -2.29. The first-order valence-electron chi connectivity index (χ1n) is 12.2. The molecule has 0 aliphatic carbocycles. The van der Waals surface area contributed by atoms with Crippen molar-refractivity contribution in [2.75, 3.05) is 18.6 Å². The number of fused-ring (bicyclic) bond motifs is 1. The molecule has 0 aromatic heterocycles. The monoisotopic (exact) mass is 472 g/mol. The van der Waals surface area contributed by atoms with E-state index in [0.717, 1.165) is 23.8 Å². The number of anilines is 1. The van der Waals surface area contributed by atoms with Crippen LogP contribution in [-0.2, 0) is 9.94 Å². The smallest absolute Gasteiger partial charge is 0.143 e. The van der Waals surface area contributed by atoms with Crippen molar-refractivity contribution in [3.8, 4) is 0 Å². The molecular formula is C30H37N2OP. The van der Waals surface area contributed by atoms with E-state index in [9.17, 15) is 0 Å². The Kier molecular flexibility index (Phi) is 7.17. The summed E-state index contributed by atoms with van der Waals surface area (Å²) in [6.45, 7) is 11.8. The molecule has 0 amide bonds. The maximum atomic E-state index is 6.90. The molecule has 1 aliphatic heterocycles. The van der Waals surface area contributed by atoms with Crippen molar-refractivity contribution in [2.45, 2.75) is 52.9 Å². The molecule has 34 heavy (non-hydrogen) atoms. The average molecular weight is 473 g/mol. The lowest BCUT2D eigenvalue weighted by Crippen LogP contribution is -2.23. The second-order valence-electron chi connectivity index (χ2n) is 9.68. The van der Waals surface area contributed by atoms with Crippen LogP contribution < -0.4 is 10.2 Å². The Balaban J connectivity index is 2.01.